The zero-order valence-corrected chi connectivity index (χ0v) is 12.3. The van der Waals surface area contributed by atoms with Gasteiger partial charge in [-0.1, -0.05) is 30.3 Å². The van der Waals surface area contributed by atoms with Crippen LogP contribution in [-0.4, -0.2) is 30.5 Å². The molecule has 0 saturated carbocycles. The summed E-state index contributed by atoms with van der Waals surface area (Å²) >= 11 is 0. The summed E-state index contributed by atoms with van der Waals surface area (Å²) in [5.41, 5.74) is 1.29. The number of aliphatic hydroxyl groups is 1. The van der Waals surface area contributed by atoms with Gasteiger partial charge in [0, 0.05) is 6.07 Å². The molecule has 5 nitrogen and oxygen atoms in total. The van der Waals surface area contributed by atoms with E-state index in [1.807, 2.05) is 30.3 Å². The van der Waals surface area contributed by atoms with Gasteiger partial charge in [0.05, 0.1) is 18.8 Å². The van der Waals surface area contributed by atoms with Crippen LogP contribution < -0.4 is 9.64 Å². The first-order chi connectivity index (χ1) is 11.2. The van der Waals surface area contributed by atoms with Gasteiger partial charge in [-0.15, -0.1) is 0 Å². The maximum Gasteiger partial charge on any atom is 0.414 e. The molecule has 0 bridgehead atoms. The first kappa shape index (κ1) is 15.3. The molecule has 3 rings (SSSR count). The van der Waals surface area contributed by atoms with Crippen LogP contribution in [0.5, 0.6) is 5.75 Å². The molecule has 0 spiro atoms. The van der Waals surface area contributed by atoms with Gasteiger partial charge in [0.25, 0.3) is 0 Å². The molecule has 0 saturated heterocycles. The van der Waals surface area contributed by atoms with Crippen LogP contribution in [0.3, 0.4) is 0 Å². The third-order valence-corrected chi connectivity index (χ3v) is 3.52. The average Bonchev–Trinajstić information content (AvgIpc) is 2.59. The summed E-state index contributed by atoms with van der Waals surface area (Å²) in [6.07, 6.45) is -1.18. The van der Waals surface area contributed by atoms with E-state index in [9.17, 15) is 14.3 Å². The standard InChI is InChI=1S/C17H16FNO4/c18-13-6-7-15-16(8-13)23-14(10-20)9-19(15)17(21)22-11-12-4-2-1-3-5-12/h1-8,14,20H,9-11H2. The van der Waals surface area contributed by atoms with Crippen LogP contribution in [0, 0.1) is 5.82 Å². The monoisotopic (exact) mass is 317 g/mol. The average molecular weight is 317 g/mol. The van der Waals surface area contributed by atoms with Crippen molar-refractivity contribution in [2.75, 3.05) is 18.1 Å². The third kappa shape index (κ3) is 3.43. The van der Waals surface area contributed by atoms with Crippen molar-refractivity contribution < 1.29 is 23.8 Å². The Morgan fingerprint density at radius 1 is 1.30 bits per heavy atom. The Kier molecular flexibility index (Phi) is 4.43. The molecule has 1 amide bonds. The highest BCUT2D eigenvalue weighted by molar-refractivity contribution is 5.90. The summed E-state index contributed by atoms with van der Waals surface area (Å²) in [7, 11) is 0. The zero-order chi connectivity index (χ0) is 16.2. The number of hydrogen-bond donors (Lipinski definition) is 1. The Morgan fingerprint density at radius 2 is 2.09 bits per heavy atom. The summed E-state index contributed by atoms with van der Waals surface area (Å²) < 4.78 is 24.1. The Hall–Kier alpha value is -2.60. The number of hydrogen-bond acceptors (Lipinski definition) is 4. The van der Waals surface area contributed by atoms with E-state index in [4.69, 9.17) is 9.47 Å². The lowest BCUT2D eigenvalue weighted by Crippen LogP contribution is -2.45. The second kappa shape index (κ2) is 6.66. The number of nitrogens with zero attached hydrogens (tertiary/aromatic N) is 1. The van der Waals surface area contributed by atoms with Crippen LogP contribution >= 0.6 is 0 Å². The molecular weight excluding hydrogens is 301 g/mol. The molecule has 120 valence electrons. The van der Waals surface area contributed by atoms with Crippen LogP contribution in [0.1, 0.15) is 5.56 Å². The SMILES string of the molecule is O=C(OCc1ccccc1)N1CC(CO)Oc2cc(F)ccc21. The van der Waals surface area contributed by atoms with Gasteiger partial charge in [-0.05, 0) is 17.7 Å². The fraction of sp³-hybridized carbons (Fsp3) is 0.235. The molecule has 23 heavy (non-hydrogen) atoms. The molecular formula is C17H16FNO4. The summed E-state index contributed by atoms with van der Waals surface area (Å²) in [6.45, 7) is -0.00146. The number of rotatable bonds is 3. The smallest absolute Gasteiger partial charge is 0.414 e. The summed E-state index contributed by atoms with van der Waals surface area (Å²) in [5.74, 6) is -0.257. The van der Waals surface area contributed by atoms with E-state index in [-0.39, 0.29) is 25.5 Å². The van der Waals surface area contributed by atoms with Gasteiger partial charge in [0.2, 0.25) is 0 Å². The van der Waals surface area contributed by atoms with Crippen molar-refractivity contribution in [3.8, 4) is 5.75 Å². The highest BCUT2D eigenvalue weighted by atomic mass is 19.1. The van der Waals surface area contributed by atoms with E-state index in [0.717, 1.165) is 5.56 Å². The van der Waals surface area contributed by atoms with E-state index in [1.165, 1.54) is 23.1 Å². The summed E-state index contributed by atoms with van der Waals surface area (Å²) in [4.78, 5) is 13.7. The summed E-state index contributed by atoms with van der Waals surface area (Å²) in [5, 5.41) is 9.30. The highest BCUT2D eigenvalue weighted by Crippen LogP contribution is 2.34. The van der Waals surface area contributed by atoms with Crippen molar-refractivity contribution >= 4 is 11.8 Å². The van der Waals surface area contributed by atoms with Crippen LogP contribution in [-0.2, 0) is 11.3 Å². The van der Waals surface area contributed by atoms with Crippen molar-refractivity contribution in [1.82, 2.24) is 0 Å². The number of carbonyl (C=O) groups excluding carboxylic acids is 1. The van der Waals surface area contributed by atoms with Crippen molar-refractivity contribution in [1.29, 1.82) is 0 Å². The molecule has 1 aliphatic heterocycles. The maximum atomic E-state index is 13.3. The number of fused-ring (bicyclic) bond motifs is 1. The number of anilines is 1. The lowest BCUT2D eigenvalue weighted by molar-refractivity contribution is 0.103. The second-order valence-corrected chi connectivity index (χ2v) is 5.19. The Balaban J connectivity index is 1.77. The molecule has 0 radical (unpaired) electrons. The molecule has 1 heterocycles. The topological polar surface area (TPSA) is 59.0 Å². The second-order valence-electron chi connectivity index (χ2n) is 5.19. The zero-order valence-electron chi connectivity index (χ0n) is 12.3. The number of halogens is 1. The minimum atomic E-state index is -0.617. The summed E-state index contributed by atoms with van der Waals surface area (Å²) in [6, 6.07) is 13.2. The number of amides is 1. The van der Waals surface area contributed by atoms with Gasteiger partial charge >= 0.3 is 6.09 Å². The van der Waals surface area contributed by atoms with Crippen molar-refractivity contribution in [3.63, 3.8) is 0 Å². The quantitative estimate of drug-likeness (QED) is 0.945. The number of benzene rings is 2. The lowest BCUT2D eigenvalue weighted by atomic mass is 10.2. The molecule has 1 aliphatic rings. The normalized spacial score (nSPS) is 16.4. The molecule has 1 N–H and O–H groups in total. The van der Waals surface area contributed by atoms with Gasteiger partial charge in [0.15, 0.2) is 0 Å². The van der Waals surface area contributed by atoms with Crippen molar-refractivity contribution in [2.45, 2.75) is 12.7 Å². The van der Waals surface area contributed by atoms with Gasteiger partial charge < -0.3 is 14.6 Å². The Labute approximate surface area is 132 Å². The minimum Gasteiger partial charge on any atom is -0.484 e. The predicted octanol–water partition coefficient (Wildman–Crippen LogP) is 2.72. The fourth-order valence-corrected chi connectivity index (χ4v) is 2.39. The molecule has 2 aromatic carbocycles. The molecule has 0 aliphatic carbocycles. The molecule has 0 aromatic heterocycles. The first-order valence-electron chi connectivity index (χ1n) is 7.22. The van der Waals surface area contributed by atoms with Gasteiger partial charge in [-0.25, -0.2) is 9.18 Å². The highest BCUT2D eigenvalue weighted by Gasteiger charge is 2.30. The fourth-order valence-electron chi connectivity index (χ4n) is 2.39. The van der Waals surface area contributed by atoms with Crippen LogP contribution in [0.25, 0.3) is 0 Å². The van der Waals surface area contributed by atoms with Gasteiger partial charge in [-0.3, -0.25) is 4.90 Å². The molecule has 2 aromatic rings. The molecule has 1 unspecified atom stereocenters. The third-order valence-electron chi connectivity index (χ3n) is 3.52. The molecule has 6 heteroatoms. The van der Waals surface area contributed by atoms with Gasteiger partial charge in [0.1, 0.15) is 24.3 Å². The van der Waals surface area contributed by atoms with E-state index in [0.29, 0.717) is 5.69 Å². The van der Waals surface area contributed by atoms with Crippen LogP contribution in [0.4, 0.5) is 14.9 Å². The van der Waals surface area contributed by atoms with E-state index < -0.39 is 18.0 Å². The van der Waals surface area contributed by atoms with Gasteiger partial charge in [-0.2, -0.15) is 0 Å². The van der Waals surface area contributed by atoms with Crippen LogP contribution in [0.15, 0.2) is 48.5 Å². The van der Waals surface area contributed by atoms with E-state index >= 15 is 0 Å². The first-order valence-corrected chi connectivity index (χ1v) is 7.22. The van der Waals surface area contributed by atoms with E-state index in [2.05, 4.69) is 0 Å². The van der Waals surface area contributed by atoms with Crippen molar-refractivity contribution in [2.24, 2.45) is 0 Å². The minimum absolute atomic E-state index is 0.136. The Morgan fingerprint density at radius 3 is 2.83 bits per heavy atom. The number of carbonyl (C=O) groups is 1. The number of aliphatic hydroxyl groups excluding tert-OH is 1. The van der Waals surface area contributed by atoms with E-state index in [1.54, 1.807) is 0 Å². The molecule has 1 atom stereocenters. The lowest BCUT2D eigenvalue weighted by Gasteiger charge is -2.33. The predicted molar refractivity (Wildman–Crippen MR) is 81.9 cm³/mol. The van der Waals surface area contributed by atoms with Crippen molar-refractivity contribution in [3.05, 3.63) is 59.9 Å². The maximum absolute atomic E-state index is 13.3. The largest absolute Gasteiger partial charge is 0.484 e. The number of ether oxygens (including phenoxy) is 2. The van der Waals surface area contributed by atoms with Crippen LogP contribution in [0.2, 0.25) is 0 Å². The Bertz CT molecular complexity index is 692. The molecule has 0 fully saturated rings.